The highest BCUT2D eigenvalue weighted by atomic mass is 16.3. The van der Waals surface area contributed by atoms with Crippen LogP contribution in [0, 0.1) is 5.41 Å². The van der Waals surface area contributed by atoms with Crippen molar-refractivity contribution in [3.63, 3.8) is 0 Å². The second-order valence-corrected chi connectivity index (χ2v) is 7.37. The molecule has 1 spiro atoms. The fourth-order valence-corrected chi connectivity index (χ4v) is 4.02. The van der Waals surface area contributed by atoms with Gasteiger partial charge in [-0.05, 0) is 43.3 Å². The van der Waals surface area contributed by atoms with Crippen LogP contribution in [-0.4, -0.2) is 64.8 Å². The molecule has 1 atom stereocenters. The second-order valence-electron chi connectivity index (χ2n) is 7.37. The van der Waals surface area contributed by atoms with E-state index < -0.39 is 6.10 Å². The predicted octanol–water partition coefficient (Wildman–Crippen LogP) is 1.24. The lowest BCUT2D eigenvalue weighted by molar-refractivity contribution is -0.140. The van der Waals surface area contributed by atoms with Crippen molar-refractivity contribution in [3.8, 4) is 0 Å². The minimum Gasteiger partial charge on any atom is -0.394 e. The Balaban J connectivity index is 1.58. The van der Waals surface area contributed by atoms with E-state index in [0.717, 1.165) is 38.9 Å². The zero-order chi connectivity index (χ0) is 17.0. The lowest BCUT2D eigenvalue weighted by Gasteiger charge is -2.47. The van der Waals surface area contributed by atoms with Crippen molar-refractivity contribution in [2.24, 2.45) is 5.41 Å². The van der Waals surface area contributed by atoms with Crippen molar-refractivity contribution in [1.29, 1.82) is 0 Å². The number of carbonyl (C=O) groups is 1. The number of nitrogens with zero attached hydrogens (tertiary/aromatic N) is 2. The maximum absolute atomic E-state index is 12.3. The molecule has 2 N–H and O–H groups in total. The van der Waals surface area contributed by atoms with Crippen molar-refractivity contribution in [3.05, 3.63) is 35.9 Å². The molecular weight excluding hydrogens is 304 g/mol. The molecule has 5 heteroatoms. The van der Waals surface area contributed by atoms with Crippen LogP contribution >= 0.6 is 0 Å². The number of hydrogen-bond acceptors (Lipinski definition) is 4. The molecule has 0 aromatic heterocycles. The van der Waals surface area contributed by atoms with Crippen molar-refractivity contribution in [1.82, 2.24) is 9.80 Å². The number of aliphatic hydroxyl groups excluding tert-OH is 2. The average molecular weight is 332 g/mol. The van der Waals surface area contributed by atoms with Gasteiger partial charge >= 0.3 is 0 Å². The van der Waals surface area contributed by atoms with Gasteiger partial charge in [-0.1, -0.05) is 30.3 Å². The molecule has 0 aliphatic carbocycles. The number of likely N-dealkylation sites (tertiary alicyclic amines) is 2. The summed E-state index contributed by atoms with van der Waals surface area (Å²) >= 11 is 0. The molecule has 2 aliphatic rings. The monoisotopic (exact) mass is 332 g/mol. The maximum atomic E-state index is 12.3. The van der Waals surface area contributed by atoms with Gasteiger partial charge in [0.15, 0.2) is 0 Å². The number of piperidine rings is 2. The highest BCUT2D eigenvalue weighted by Crippen LogP contribution is 2.40. The molecule has 2 saturated heterocycles. The molecule has 3 rings (SSSR count). The van der Waals surface area contributed by atoms with Gasteiger partial charge in [0.05, 0.1) is 12.7 Å². The molecule has 24 heavy (non-hydrogen) atoms. The summed E-state index contributed by atoms with van der Waals surface area (Å²) in [5.41, 5.74) is 1.41. The van der Waals surface area contributed by atoms with E-state index in [2.05, 4.69) is 17.0 Å². The summed E-state index contributed by atoms with van der Waals surface area (Å²) in [6.07, 6.45) is 3.09. The topological polar surface area (TPSA) is 64.0 Å². The first-order valence-electron chi connectivity index (χ1n) is 8.93. The number of aliphatic hydroxyl groups is 2. The van der Waals surface area contributed by atoms with E-state index in [0.29, 0.717) is 19.5 Å². The van der Waals surface area contributed by atoms with Gasteiger partial charge in [0, 0.05) is 26.1 Å². The van der Waals surface area contributed by atoms with E-state index in [-0.39, 0.29) is 17.9 Å². The predicted molar refractivity (Wildman–Crippen MR) is 92.3 cm³/mol. The Kier molecular flexibility index (Phi) is 5.54. The molecule has 5 nitrogen and oxygen atoms in total. The van der Waals surface area contributed by atoms with Crippen molar-refractivity contribution in [2.75, 3.05) is 32.8 Å². The SMILES string of the molecule is O=C1CCC2(CCN(C[C@H](O)CO)CC2)CN1Cc1ccccc1. The van der Waals surface area contributed by atoms with Gasteiger partial charge in [-0.2, -0.15) is 0 Å². The summed E-state index contributed by atoms with van der Waals surface area (Å²) in [4.78, 5) is 16.6. The average Bonchev–Trinajstić information content (AvgIpc) is 2.61. The summed E-state index contributed by atoms with van der Waals surface area (Å²) in [7, 11) is 0. The Morgan fingerprint density at radius 3 is 2.50 bits per heavy atom. The molecule has 1 aromatic carbocycles. The molecule has 0 saturated carbocycles. The molecule has 1 aromatic rings. The van der Waals surface area contributed by atoms with Gasteiger partial charge in [0.1, 0.15) is 0 Å². The maximum Gasteiger partial charge on any atom is 0.222 e. The first-order valence-corrected chi connectivity index (χ1v) is 8.93. The second kappa shape index (κ2) is 7.64. The molecule has 0 unspecified atom stereocenters. The lowest BCUT2D eigenvalue weighted by atomic mass is 9.72. The van der Waals surface area contributed by atoms with Gasteiger partial charge in [-0.3, -0.25) is 4.79 Å². The Morgan fingerprint density at radius 2 is 1.83 bits per heavy atom. The fourth-order valence-electron chi connectivity index (χ4n) is 4.02. The number of benzene rings is 1. The van der Waals surface area contributed by atoms with E-state index in [1.165, 1.54) is 5.56 Å². The first-order chi connectivity index (χ1) is 11.6. The quantitative estimate of drug-likeness (QED) is 0.852. The zero-order valence-corrected chi connectivity index (χ0v) is 14.2. The van der Waals surface area contributed by atoms with Crippen LogP contribution in [-0.2, 0) is 11.3 Å². The van der Waals surface area contributed by atoms with Crippen LogP contribution in [0.3, 0.4) is 0 Å². The van der Waals surface area contributed by atoms with Crippen LogP contribution in [0.1, 0.15) is 31.2 Å². The fraction of sp³-hybridized carbons (Fsp3) is 0.632. The number of β-amino-alcohol motifs (C(OH)–C–C–N with tert-alkyl or cyclic N) is 1. The summed E-state index contributed by atoms with van der Waals surface area (Å²) in [6.45, 7) is 3.78. The van der Waals surface area contributed by atoms with E-state index >= 15 is 0 Å². The Labute approximate surface area is 143 Å². The summed E-state index contributed by atoms with van der Waals surface area (Å²) in [6, 6.07) is 10.2. The largest absolute Gasteiger partial charge is 0.394 e. The third kappa shape index (κ3) is 4.15. The van der Waals surface area contributed by atoms with Crippen LogP contribution in [0.5, 0.6) is 0 Å². The van der Waals surface area contributed by atoms with Crippen molar-refractivity contribution >= 4 is 5.91 Å². The molecular formula is C19H28N2O3. The smallest absolute Gasteiger partial charge is 0.222 e. The molecule has 2 fully saturated rings. The number of rotatable bonds is 5. The molecule has 1 amide bonds. The van der Waals surface area contributed by atoms with Gasteiger partial charge in [-0.15, -0.1) is 0 Å². The van der Waals surface area contributed by atoms with Crippen LogP contribution in [0.25, 0.3) is 0 Å². The van der Waals surface area contributed by atoms with Gasteiger partial charge in [0.25, 0.3) is 0 Å². The molecule has 132 valence electrons. The minimum atomic E-state index is -0.651. The van der Waals surface area contributed by atoms with E-state index in [1.54, 1.807) is 0 Å². The third-order valence-corrected chi connectivity index (χ3v) is 5.56. The highest BCUT2D eigenvalue weighted by molar-refractivity contribution is 5.77. The molecule has 0 radical (unpaired) electrons. The van der Waals surface area contributed by atoms with Crippen LogP contribution in [0.15, 0.2) is 30.3 Å². The van der Waals surface area contributed by atoms with Gasteiger partial charge in [0.2, 0.25) is 5.91 Å². The van der Waals surface area contributed by atoms with Gasteiger partial charge in [-0.25, -0.2) is 0 Å². The molecule has 2 aliphatic heterocycles. The first kappa shape index (κ1) is 17.4. The minimum absolute atomic E-state index is 0.180. The summed E-state index contributed by atoms with van der Waals surface area (Å²) < 4.78 is 0. The molecule has 0 bridgehead atoms. The van der Waals surface area contributed by atoms with E-state index in [9.17, 15) is 9.90 Å². The van der Waals surface area contributed by atoms with Crippen molar-refractivity contribution in [2.45, 2.75) is 38.3 Å². The van der Waals surface area contributed by atoms with Crippen molar-refractivity contribution < 1.29 is 15.0 Å². The highest BCUT2D eigenvalue weighted by Gasteiger charge is 2.40. The van der Waals surface area contributed by atoms with Crippen LogP contribution in [0.2, 0.25) is 0 Å². The van der Waals surface area contributed by atoms with Crippen LogP contribution < -0.4 is 0 Å². The Hall–Kier alpha value is -1.43. The summed E-state index contributed by atoms with van der Waals surface area (Å²) in [5, 5.41) is 18.6. The number of hydrogen-bond donors (Lipinski definition) is 2. The van der Waals surface area contributed by atoms with E-state index in [1.807, 2.05) is 23.1 Å². The van der Waals surface area contributed by atoms with Crippen LogP contribution in [0.4, 0.5) is 0 Å². The molecule has 2 heterocycles. The lowest BCUT2D eigenvalue weighted by Crippen LogP contribution is -2.52. The number of amides is 1. The Bertz CT molecular complexity index is 541. The normalized spacial score (nSPS) is 22.8. The third-order valence-electron chi connectivity index (χ3n) is 5.56. The Morgan fingerprint density at radius 1 is 1.12 bits per heavy atom. The number of carbonyl (C=O) groups excluding carboxylic acids is 1. The van der Waals surface area contributed by atoms with Gasteiger partial charge < -0.3 is 20.0 Å². The standard InChI is InChI=1S/C19H28N2O3/c22-14-17(23)13-20-10-8-19(9-11-20)7-6-18(24)21(15-19)12-16-4-2-1-3-5-16/h1-5,17,22-23H,6-15H2/t17-/m0/s1. The van der Waals surface area contributed by atoms with E-state index in [4.69, 9.17) is 5.11 Å². The zero-order valence-electron chi connectivity index (χ0n) is 14.2. The summed E-state index contributed by atoms with van der Waals surface area (Å²) in [5.74, 6) is 0.266.